The van der Waals surface area contributed by atoms with Crippen LogP contribution in [0.3, 0.4) is 0 Å². The first-order chi connectivity index (χ1) is 14.2. The van der Waals surface area contributed by atoms with Gasteiger partial charge in [0.2, 0.25) is 5.91 Å². The molecule has 6 heteroatoms. The van der Waals surface area contributed by atoms with Crippen molar-refractivity contribution >= 4 is 12.1 Å². The van der Waals surface area contributed by atoms with Crippen LogP contribution in [0, 0.1) is 0 Å². The van der Waals surface area contributed by atoms with E-state index in [1.807, 2.05) is 42.5 Å². The van der Waals surface area contributed by atoms with Crippen molar-refractivity contribution in [1.29, 1.82) is 0 Å². The third-order valence-electron chi connectivity index (χ3n) is 4.21. The van der Waals surface area contributed by atoms with Gasteiger partial charge in [-0.25, -0.2) is 4.79 Å². The molecular weight excluding hydrogens is 382 g/mol. The van der Waals surface area contributed by atoms with E-state index in [2.05, 4.69) is 5.32 Å². The number of hydrogen-bond acceptors (Lipinski definition) is 5. The Balaban J connectivity index is 1.86. The highest BCUT2D eigenvalue weighted by Crippen LogP contribution is 2.16. The molecule has 2 aromatic rings. The molecule has 30 heavy (non-hydrogen) atoms. The molecule has 0 aliphatic rings. The van der Waals surface area contributed by atoms with Crippen LogP contribution in [0.1, 0.15) is 38.3 Å². The fourth-order valence-corrected chi connectivity index (χ4v) is 2.90. The van der Waals surface area contributed by atoms with E-state index in [4.69, 9.17) is 14.2 Å². The Kier molecular flexibility index (Phi) is 8.87. The largest absolute Gasteiger partial charge is 0.514 e. The minimum Gasteiger partial charge on any atom is -0.428 e. The molecule has 1 amide bonds. The van der Waals surface area contributed by atoms with Crippen LogP contribution in [-0.2, 0) is 27.1 Å². The molecule has 162 valence electrons. The second-order valence-corrected chi connectivity index (χ2v) is 8.12. The first-order valence-corrected chi connectivity index (χ1v) is 10.1. The van der Waals surface area contributed by atoms with Crippen molar-refractivity contribution in [3.8, 4) is 5.75 Å². The summed E-state index contributed by atoms with van der Waals surface area (Å²) in [4.78, 5) is 24.1. The van der Waals surface area contributed by atoms with E-state index in [9.17, 15) is 9.59 Å². The fraction of sp³-hybridized carbons (Fsp3) is 0.417. The van der Waals surface area contributed by atoms with Crippen molar-refractivity contribution in [1.82, 2.24) is 5.32 Å². The number of amides is 1. The lowest BCUT2D eigenvalue weighted by atomic mass is 10.1. The summed E-state index contributed by atoms with van der Waals surface area (Å²) in [6, 6.07) is 16.9. The molecule has 1 N–H and O–H groups in total. The molecule has 6 nitrogen and oxygen atoms in total. The lowest BCUT2D eigenvalue weighted by molar-refractivity contribution is -0.122. The molecule has 1 atom stereocenters. The maximum atomic E-state index is 12.3. The van der Waals surface area contributed by atoms with Gasteiger partial charge < -0.3 is 19.5 Å². The monoisotopic (exact) mass is 413 g/mol. The number of hydrogen-bond donors (Lipinski definition) is 1. The molecule has 0 saturated carbocycles. The zero-order valence-corrected chi connectivity index (χ0v) is 18.1. The van der Waals surface area contributed by atoms with Crippen molar-refractivity contribution in [3.63, 3.8) is 0 Å². The molecule has 0 aliphatic carbocycles. The van der Waals surface area contributed by atoms with Crippen LogP contribution in [0.5, 0.6) is 5.75 Å². The Morgan fingerprint density at radius 1 is 0.967 bits per heavy atom. The van der Waals surface area contributed by atoms with Crippen molar-refractivity contribution in [2.45, 2.75) is 51.7 Å². The smallest absolute Gasteiger partial charge is 0.428 e. The molecule has 0 aromatic heterocycles. The van der Waals surface area contributed by atoms with E-state index in [1.165, 1.54) is 0 Å². The third-order valence-corrected chi connectivity index (χ3v) is 4.21. The molecular formula is C24H31NO5. The number of carbonyl (C=O) groups is 2. The maximum Gasteiger partial charge on any atom is 0.514 e. The normalized spacial score (nSPS) is 12.1. The average Bonchev–Trinajstić information content (AvgIpc) is 2.67. The van der Waals surface area contributed by atoms with E-state index >= 15 is 0 Å². The Hall–Kier alpha value is -2.86. The summed E-state index contributed by atoms with van der Waals surface area (Å²) in [6.45, 7) is 5.75. The summed E-state index contributed by atoms with van der Waals surface area (Å²) in [5, 5.41) is 3.04. The standard InChI is InChI=1S/C24H31NO5/c1-24(2,3)30-23(27)29-21-13-10-19(11-14-21)16-20(17-28-4)25-22(26)15-12-18-8-6-5-7-9-18/h5-11,13-14,20H,12,15-17H2,1-4H3,(H,25,26). The van der Waals surface area contributed by atoms with Gasteiger partial charge in [-0.1, -0.05) is 42.5 Å². The van der Waals surface area contributed by atoms with E-state index in [-0.39, 0.29) is 11.9 Å². The SMILES string of the molecule is COCC(Cc1ccc(OC(=O)OC(C)(C)C)cc1)NC(=O)CCc1ccccc1. The topological polar surface area (TPSA) is 73.9 Å². The fourth-order valence-electron chi connectivity index (χ4n) is 2.90. The molecule has 1 unspecified atom stereocenters. The van der Waals surface area contributed by atoms with Gasteiger partial charge in [-0.15, -0.1) is 0 Å². The van der Waals surface area contributed by atoms with E-state index in [0.717, 1.165) is 11.1 Å². The quantitative estimate of drug-likeness (QED) is 0.490. The number of aryl methyl sites for hydroxylation is 1. The Labute approximate surface area is 178 Å². The highest BCUT2D eigenvalue weighted by atomic mass is 16.7. The molecule has 2 aromatic carbocycles. The predicted molar refractivity (Wildman–Crippen MR) is 116 cm³/mol. The first kappa shape index (κ1) is 23.4. The second kappa shape index (κ2) is 11.4. The van der Waals surface area contributed by atoms with Crippen LogP contribution in [0.4, 0.5) is 4.79 Å². The Morgan fingerprint density at radius 2 is 1.63 bits per heavy atom. The summed E-state index contributed by atoms with van der Waals surface area (Å²) in [7, 11) is 1.61. The molecule has 0 bridgehead atoms. The van der Waals surface area contributed by atoms with Crippen LogP contribution < -0.4 is 10.1 Å². The number of methoxy groups -OCH3 is 1. The second-order valence-electron chi connectivity index (χ2n) is 8.12. The molecule has 0 radical (unpaired) electrons. The summed E-state index contributed by atoms with van der Waals surface area (Å²) < 4.78 is 15.6. The Morgan fingerprint density at radius 3 is 2.23 bits per heavy atom. The van der Waals surface area contributed by atoms with Crippen LogP contribution >= 0.6 is 0 Å². The van der Waals surface area contributed by atoms with Crippen LogP contribution in [0.15, 0.2) is 54.6 Å². The minimum absolute atomic E-state index is 0.00853. The molecule has 0 heterocycles. The van der Waals surface area contributed by atoms with Gasteiger partial charge >= 0.3 is 6.16 Å². The summed E-state index contributed by atoms with van der Waals surface area (Å²) in [6.07, 6.45) is 0.992. The van der Waals surface area contributed by atoms with Gasteiger partial charge in [0.15, 0.2) is 0 Å². The molecule has 0 saturated heterocycles. The molecule has 0 spiro atoms. The van der Waals surface area contributed by atoms with Crippen molar-refractivity contribution < 1.29 is 23.8 Å². The van der Waals surface area contributed by atoms with E-state index in [0.29, 0.717) is 31.6 Å². The van der Waals surface area contributed by atoms with Crippen LogP contribution in [-0.4, -0.2) is 37.4 Å². The minimum atomic E-state index is -0.738. The number of benzene rings is 2. The van der Waals surface area contributed by atoms with Gasteiger partial charge in [0.05, 0.1) is 12.6 Å². The number of carbonyl (C=O) groups excluding carboxylic acids is 2. The number of nitrogens with one attached hydrogen (secondary N) is 1. The van der Waals surface area contributed by atoms with Crippen LogP contribution in [0.25, 0.3) is 0 Å². The summed E-state index contributed by atoms with van der Waals surface area (Å²) >= 11 is 0. The first-order valence-electron chi connectivity index (χ1n) is 10.1. The van der Waals surface area contributed by atoms with Crippen molar-refractivity contribution in [3.05, 3.63) is 65.7 Å². The molecule has 0 fully saturated rings. The highest BCUT2D eigenvalue weighted by Gasteiger charge is 2.18. The number of ether oxygens (including phenoxy) is 3. The van der Waals surface area contributed by atoms with Gasteiger partial charge in [-0.3, -0.25) is 4.79 Å². The number of rotatable bonds is 9. The summed E-state index contributed by atoms with van der Waals surface area (Å²) in [5.41, 5.74) is 1.52. The van der Waals surface area contributed by atoms with Crippen LogP contribution in [0.2, 0.25) is 0 Å². The van der Waals surface area contributed by atoms with Gasteiger partial charge in [0.1, 0.15) is 11.4 Å². The van der Waals surface area contributed by atoms with Gasteiger partial charge in [0.25, 0.3) is 0 Å². The highest BCUT2D eigenvalue weighted by molar-refractivity contribution is 5.76. The van der Waals surface area contributed by atoms with E-state index in [1.54, 1.807) is 40.0 Å². The average molecular weight is 414 g/mol. The van der Waals surface area contributed by atoms with E-state index < -0.39 is 11.8 Å². The maximum absolute atomic E-state index is 12.3. The Bertz CT molecular complexity index is 797. The zero-order valence-electron chi connectivity index (χ0n) is 18.1. The molecule has 2 rings (SSSR count). The third kappa shape index (κ3) is 9.09. The van der Waals surface area contributed by atoms with Gasteiger partial charge in [0, 0.05) is 13.5 Å². The lowest BCUT2D eigenvalue weighted by Crippen LogP contribution is -2.39. The van der Waals surface area contributed by atoms with Crippen molar-refractivity contribution in [2.24, 2.45) is 0 Å². The zero-order chi connectivity index (χ0) is 22.0. The molecule has 0 aliphatic heterocycles. The lowest BCUT2D eigenvalue weighted by Gasteiger charge is -2.19. The summed E-state index contributed by atoms with van der Waals surface area (Å²) in [5.74, 6) is 0.397. The van der Waals surface area contributed by atoms with Gasteiger partial charge in [-0.2, -0.15) is 0 Å². The van der Waals surface area contributed by atoms with Crippen molar-refractivity contribution in [2.75, 3.05) is 13.7 Å². The van der Waals surface area contributed by atoms with Gasteiger partial charge in [-0.05, 0) is 56.9 Å². The predicted octanol–water partition coefficient (Wildman–Crippen LogP) is 4.31.